The smallest absolute Gasteiger partial charge is 0.338 e. The van der Waals surface area contributed by atoms with Crippen molar-refractivity contribution < 1.29 is 14.3 Å². The number of amides is 1. The Bertz CT molecular complexity index is 921. The normalized spacial score (nSPS) is 11.8. The van der Waals surface area contributed by atoms with E-state index in [4.69, 9.17) is 4.74 Å². The Morgan fingerprint density at radius 3 is 2.31 bits per heavy atom. The molecule has 0 spiro atoms. The molecule has 0 radical (unpaired) electrons. The maximum atomic E-state index is 12.5. The summed E-state index contributed by atoms with van der Waals surface area (Å²) in [5, 5.41) is 2.01. The van der Waals surface area contributed by atoms with Gasteiger partial charge in [0, 0.05) is 13.6 Å². The van der Waals surface area contributed by atoms with Crippen LogP contribution in [0.3, 0.4) is 0 Å². The van der Waals surface area contributed by atoms with Crippen LogP contribution in [-0.2, 0) is 16.1 Å². The van der Waals surface area contributed by atoms with E-state index < -0.39 is 12.1 Å². The Kier molecular flexibility index (Phi) is 5.32. The summed E-state index contributed by atoms with van der Waals surface area (Å²) in [6, 6.07) is 22.9. The van der Waals surface area contributed by atoms with E-state index in [0.29, 0.717) is 12.1 Å². The largest absolute Gasteiger partial charge is 0.449 e. The highest BCUT2D eigenvalue weighted by Gasteiger charge is 2.22. The third-order valence-corrected chi connectivity index (χ3v) is 4.26. The summed E-state index contributed by atoms with van der Waals surface area (Å²) < 4.78 is 5.38. The molecule has 3 rings (SSSR count). The lowest BCUT2D eigenvalue weighted by atomic mass is 10.1. The van der Waals surface area contributed by atoms with Gasteiger partial charge in [0.25, 0.3) is 5.91 Å². The van der Waals surface area contributed by atoms with Gasteiger partial charge in [0.15, 0.2) is 6.10 Å². The molecule has 132 valence electrons. The lowest BCUT2D eigenvalue weighted by Gasteiger charge is -2.21. The average molecular weight is 347 g/mol. The highest BCUT2D eigenvalue weighted by atomic mass is 16.5. The van der Waals surface area contributed by atoms with Crippen molar-refractivity contribution in [3.63, 3.8) is 0 Å². The van der Waals surface area contributed by atoms with Gasteiger partial charge in [-0.3, -0.25) is 4.79 Å². The molecule has 0 bridgehead atoms. The van der Waals surface area contributed by atoms with E-state index in [0.717, 1.165) is 16.3 Å². The summed E-state index contributed by atoms with van der Waals surface area (Å²) in [6.07, 6.45) is -0.845. The number of hydrogen-bond acceptors (Lipinski definition) is 3. The van der Waals surface area contributed by atoms with E-state index in [9.17, 15) is 9.59 Å². The first-order valence-electron chi connectivity index (χ1n) is 8.53. The van der Waals surface area contributed by atoms with Crippen LogP contribution in [0.15, 0.2) is 72.8 Å². The molecule has 1 atom stereocenters. The van der Waals surface area contributed by atoms with Crippen LogP contribution in [0.1, 0.15) is 22.8 Å². The molecule has 0 aliphatic heterocycles. The minimum Gasteiger partial charge on any atom is -0.449 e. The molecule has 1 amide bonds. The predicted octanol–water partition coefficient (Wildman–Crippen LogP) is 4.04. The Labute approximate surface area is 153 Å². The topological polar surface area (TPSA) is 46.6 Å². The SMILES string of the molecule is C[C@@H](OC(=O)c1ccc2ccccc2c1)C(=O)N(C)Cc1ccccc1. The molecule has 4 nitrogen and oxygen atoms in total. The van der Waals surface area contributed by atoms with Crippen LogP contribution >= 0.6 is 0 Å². The number of hydrogen-bond donors (Lipinski definition) is 0. The number of ether oxygens (including phenoxy) is 1. The summed E-state index contributed by atoms with van der Waals surface area (Å²) in [4.78, 5) is 26.4. The highest BCUT2D eigenvalue weighted by molar-refractivity contribution is 5.96. The first kappa shape index (κ1) is 17.7. The molecule has 4 heteroatoms. The second kappa shape index (κ2) is 7.83. The monoisotopic (exact) mass is 347 g/mol. The lowest BCUT2D eigenvalue weighted by Crippen LogP contribution is -2.37. The zero-order valence-electron chi connectivity index (χ0n) is 14.9. The standard InChI is InChI=1S/C22H21NO3/c1-16(21(24)23(2)15-17-8-4-3-5-9-17)26-22(25)20-13-12-18-10-6-7-11-19(18)14-20/h3-14,16H,15H2,1-2H3/t16-/m1/s1. The van der Waals surface area contributed by atoms with E-state index >= 15 is 0 Å². The third kappa shape index (κ3) is 4.09. The number of nitrogens with zero attached hydrogens (tertiary/aromatic N) is 1. The van der Waals surface area contributed by atoms with Crippen LogP contribution < -0.4 is 0 Å². The molecule has 3 aromatic rings. The van der Waals surface area contributed by atoms with Crippen molar-refractivity contribution in [2.75, 3.05) is 7.05 Å². The van der Waals surface area contributed by atoms with Gasteiger partial charge >= 0.3 is 5.97 Å². The molecule has 0 saturated heterocycles. The Morgan fingerprint density at radius 1 is 0.923 bits per heavy atom. The minimum absolute atomic E-state index is 0.233. The van der Waals surface area contributed by atoms with Crippen molar-refractivity contribution in [1.82, 2.24) is 4.90 Å². The van der Waals surface area contributed by atoms with Crippen molar-refractivity contribution in [2.45, 2.75) is 19.6 Å². The van der Waals surface area contributed by atoms with Gasteiger partial charge in [-0.15, -0.1) is 0 Å². The van der Waals surface area contributed by atoms with E-state index in [1.165, 1.54) is 0 Å². The fraction of sp³-hybridized carbons (Fsp3) is 0.182. The van der Waals surface area contributed by atoms with E-state index in [2.05, 4.69) is 0 Å². The number of carbonyl (C=O) groups excluding carboxylic acids is 2. The van der Waals surface area contributed by atoms with Crippen molar-refractivity contribution >= 4 is 22.6 Å². The highest BCUT2D eigenvalue weighted by Crippen LogP contribution is 2.17. The molecule has 0 aliphatic carbocycles. The number of rotatable bonds is 5. The van der Waals surface area contributed by atoms with Crippen molar-refractivity contribution in [3.8, 4) is 0 Å². The number of carbonyl (C=O) groups is 2. The van der Waals surface area contributed by atoms with E-state index in [1.807, 2.05) is 60.7 Å². The molecule has 0 saturated carbocycles. The fourth-order valence-corrected chi connectivity index (χ4v) is 2.84. The number of fused-ring (bicyclic) bond motifs is 1. The second-order valence-electron chi connectivity index (χ2n) is 6.29. The zero-order chi connectivity index (χ0) is 18.5. The zero-order valence-corrected chi connectivity index (χ0v) is 14.9. The van der Waals surface area contributed by atoms with Gasteiger partial charge in [0.05, 0.1) is 5.56 Å². The van der Waals surface area contributed by atoms with Gasteiger partial charge < -0.3 is 9.64 Å². The summed E-state index contributed by atoms with van der Waals surface area (Å²) in [5.41, 5.74) is 1.46. The van der Waals surface area contributed by atoms with Crippen LogP contribution in [0.2, 0.25) is 0 Å². The maximum Gasteiger partial charge on any atom is 0.338 e. The molecule has 3 aromatic carbocycles. The predicted molar refractivity (Wildman–Crippen MR) is 102 cm³/mol. The van der Waals surface area contributed by atoms with Gasteiger partial charge in [-0.05, 0) is 35.4 Å². The third-order valence-electron chi connectivity index (χ3n) is 4.26. The lowest BCUT2D eigenvalue weighted by molar-refractivity contribution is -0.139. The van der Waals surface area contributed by atoms with Gasteiger partial charge in [0.2, 0.25) is 0 Å². The van der Waals surface area contributed by atoms with Crippen molar-refractivity contribution in [3.05, 3.63) is 83.9 Å². The number of benzene rings is 3. The van der Waals surface area contributed by atoms with E-state index in [1.54, 1.807) is 31.0 Å². The summed E-state index contributed by atoms with van der Waals surface area (Å²) in [7, 11) is 1.70. The average Bonchev–Trinajstić information content (AvgIpc) is 2.67. The number of esters is 1. The van der Waals surface area contributed by atoms with Crippen LogP contribution in [0.25, 0.3) is 10.8 Å². The molecule has 0 aliphatic rings. The maximum absolute atomic E-state index is 12.5. The molecule has 0 unspecified atom stereocenters. The molecule has 0 fully saturated rings. The van der Waals surface area contributed by atoms with Crippen LogP contribution in [-0.4, -0.2) is 29.9 Å². The minimum atomic E-state index is -0.845. The van der Waals surface area contributed by atoms with E-state index in [-0.39, 0.29) is 5.91 Å². The molecule has 0 heterocycles. The summed E-state index contributed by atoms with van der Waals surface area (Å²) in [6.45, 7) is 2.07. The van der Waals surface area contributed by atoms with Crippen molar-refractivity contribution in [2.24, 2.45) is 0 Å². The first-order valence-corrected chi connectivity index (χ1v) is 8.53. The summed E-state index contributed by atoms with van der Waals surface area (Å²) >= 11 is 0. The summed E-state index contributed by atoms with van der Waals surface area (Å²) in [5.74, 6) is -0.729. The fourth-order valence-electron chi connectivity index (χ4n) is 2.84. The van der Waals surface area contributed by atoms with Gasteiger partial charge in [0.1, 0.15) is 0 Å². The Hall–Kier alpha value is -3.14. The van der Waals surface area contributed by atoms with Crippen LogP contribution in [0.4, 0.5) is 0 Å². The van der Waals surface area contributed by atoms with Gasteiger partial charge in [-0.25, -0.2) is 4.79 Å². The number of likely N-dealkylation sites (N-methyl/N-ethyl adjacent to an activating group) is 1. The first-order chi connectivity index (χ1) is 12.5. The second-order valence-corrected chi connectivity index (χ2v) is 6.29. The van der Waals surface area contributed by atoms with Crippen molar-refractivity contribution in [1.29, 1.82) is 0 Å². The Balaban J connectivity index is 1.64. The van der Waals surface area contributed by atoms with Crippen LogP contribution in [0.5, 0.6) is 0 Å². The quantitative estimate of drug-likeness (QED) is 0.654. The molecule has 0 aromatic heterocycles. The molecule has 0 N–H and O–H groups in total. The Morgan fingerprint density at radius 2 is 1.58 bits per heavy atom. The molecule has 26 heavy (non-hydrogen) atoms. The van der Waals surface area contributed by atoms with Gasteiger partial charge in [-0.2, -0.15) is 0 Å². The molecular weight excluding hydrogens is 326 g/mol. The van der Waals surface area contributed by atoms with Gasteiger partial charge in [-0.1, -0.05) is 60.7 Å². The van der Waals surface area contributed by atoms with Crippen LogP contribution in [0, 0.1) is 0 Å². The molecular formula is C22H21NO3.